The van der Waals surface area contributed by atoms with Gasteiger partial charge in [0.2, 0.25) is 0 Å². The summed E-state index contributed by atoms with van der Waals surface area (Å²) < 4.78 is 1.01. The van der Waals surface area contributed by atoms with Crippen LogP contribution in [-0.4, -0.2) is 11.4 Å². The number of hydrogen-bond donors (Lipinski definition) is 1. The zero-order valence-electron chi connectivity index (χ0n) is 7.07. The molecule has 1 aromatic carbocycles. The minimum absolute atomic E-state index is 0.332. The smallest absolute Gasteiger partial charge is 0.175 e. The van der Waals surface area contributed by atoms with Crippen LogP contribution in [0.3, 0.4) is 0 Å². The van der Waals surface area contributed by atoms with E-state index in [2.05, 4.69) is 0 Å². The topological polar surface area (TPSA) is 37.3 Å². The molecule has 13 heavy (non-hydrogen) atoms. The first kappa shape index (κ1) is 8.26. The molecule has 1 heterocycles. The Balaban J connectivity index is 2.81. The highest BCUT2D eigenvalue weighted by Crippen LogP contribution is 2.35. The summed E-state index contributed by atoms with van der Waals surface area (Å²) in [7, 11) is 0. The average molecular weight is 192 g/mol. The van der Waals surface area contributed by atoms with Crippen LogP contribution in [0, 0.1) is 6.92 Å². The summed E-state index contributed by atoms with van der Waals surface area (Å²) >= 11 is 1.34. The SMILES string of the molecule is Cc1c(O)sc2ccc(C=O)cc12. The summed E-state index contributed by atoms with van der Waals surface area (Å²) in [6.07, 6.45) is 0.813. The second-order valence-electron chi connectivity index (χ2n) is 2.91. The van der Waals surface area contributed by atoms with Gasteiger partial charge in [-0.25, -0.2) is 0 Å². The summed E-state index contributed by atoms with van der Waals surface area (Å²) in [6, 6.07) is 5.41. The Morgan fingerprint density at radius 2 is 2.23 bits per heavy atom. The van der Waals surface area contributed by atoms with Crippen molar-refractivity contribution in [2.24, 2.45) is 0 Å². The van der Waals surface area contributed by atoms with E-state index in [9.17, 15) is 9.90 Å². The summed E-state index contributed by atoms with van der Waals surface area (Å²) in [5, 5.41) is 10.7. The van der Waals surface area contributed by atoms with E-state index in [0.717, 1.165) is 21.9 Å². The van der Waals surface area contributed by atoms with Crippen LogP contribution in [0.1, 0.15) is 15.9 Å². The number of carbonyl (C=O) groups excluding carboxylic acids is 1. The molecule has 66 valence electrons. The lowest BCUT2D eigenvalue weighted by Gasteiger charge is -1.92. The van der Waals surface area contributed by atoms with E-state index in [0.29, 0.717) is 10.6 Å². The third-order valence-corrected chi connectivity index (χ3v) is 3.15. The Hall–Kier alpha value is -1.35. The van der Waals surface area contributed by atoms with Crippen LogP contribution in [0.5, 0.6) is 5.06 Å². The molecule has 0 aliphatic rings. The number of aromatic hydroxyl groups is 1. The van der Waals surface area contributed by atoms with Gasteiger partial charge in [-0.15, -0.1) is 0 Å². The van der Waals surface area contributed by atoms with E-state index < -0.39 is 0 Å². The first-order chi connectivity index (χ1) is 6.22. The zero-order valence-corrected chi connectivity index (χ0v) is 7.89. The Labute approximate surface area is 79.4 Å². The highest BCUT2D eigenvalue weighted by atomic mass is 32.1. The van der Waals surface area contributed by atoms with Gasteiger partial charge in [0.15, 0.2) is 5.06 Å². The molecule has 2 nitrogen and oxygen atoms in total. The Kier molecular flexibility index (Phi) is 1.81. The normalized spacial score (nSPS) is 10.5. The average Bonchev–Trinajstić information content (AvgIpc) is 2.43. The molecular formula is C10H8O2S. The molecule has 0 amide bonds. The maximum absolute atomic E-state index is 10.5. The molecule has 0 aliphatic heterocycles. The molecule has 2 rings (SSSR count). The van der Waals surface area contributed by atoms with E-state index in [1.54, 1.807) is 12.1 Å². The lowest BCUT2D eigenvalue weighted by molar-refractivity contribution is 0.112. The Morgan fingerprint density at radius 1 is 1.46 bits per heavy atom. The number of fused-ring (bicyclic) bond motifs is 1. The number of benzene rings is 1. The van der Waals surface area contributed by atoms with Crippen molar-refractivity contribution in [2.75, 3.05) is 0 Å². The number of aryl methyl sites for hydroxylation is 1. The Morgan fingerprint density at radius 3 is 2.92 bits per heavy atom. The lowest BCUT2D eigenvalue weighted by atomic mass is 10.1. The number of rotatable bonds is 1. The van der Waals surface area contributed by atoms with Crippen molar-refractivity contribution < 1.29 is 9.90 Å². The minimum atomic E-state index is 0.332. The van der Waals surface area contributed by atoms with Gasteiger partial charge in [-0.05, 0) is 24.4 Å². The van der Waals surface area contributed by atoms with Crippen molar-refractivity contribution in [2.45, 2.75) is 6.92 Å². The molecule has 0 bridgehead atoms. The molecule has 0 radical (unpaired) electrons. The van der Waals surface area contributed by atoms with Crippen LogP contribution in [0.4, 0.5) is 0 Å². The third kappa shape index (κ3) is 1.21. The highest BCUT2D eigenvalue weighted by molar-refractivity contribution is 7.20. The van der Waals surface area contributed by atoms with Gasteiger partial charge < -0.3 is 5.11 Å². The molecule has 0 fully saturated rings. The van der Waals surface area contributed by atoms with E-state index in [1.807, 2.05) is 13.0 Å². The van der Waals surface area contributed by atoms with Gasteiger partial charge in [0.05, 0.1) is 0 Å². The summed E-state index contributed by atoms with van der Waals surface area (Å²) in [4.78, 5) is 10.5. The van der Waals surface area contributed by atoms with Crippen molar-refractivity contribution in [3.63, 3.8) is 0 Å². The first-order valence-corrected chi connectivity index (χ1v) is 4.71. The largest absolute Gasteiger partial charge is 0.499 e. The van der Waals surface area contributed by atoms with Gasteiger partial charge in [-0.3, -0.25) is 4.79 Å². The fourth-order valence-electron chi connectivity index (χ4n) is 1.30. The molecule has 0 aliphatic carbocycles. The fourth-order valence-corrected chi connectivity index (χ4v) is 2.23. The predicted molar refractivity (Wildman–Crippen MR) is 53.6 cm³/mol. The molecule has 1 aromatic heterocycles. The molecular weight excluding hydrogens is 184 g/mol. The van der Waals surface area contributed by atoms with Crippen molar-refractivity contribution in [3.8, 4) is 5.06 Å². The molecule has 0 spiro atoms. The minimum Gasteiger partial charge on any atom is -0.499 e. The van der Waals surface area contributed by atoms with Crippen molar-refractivity contribution >= 4 is 27.7 Å². The summed E-state index contributed by atoms with van der Waals surface area (Å²) in [5.41, 5.74) is 1.50. The van der Waals surface area contributed by atoms with Gasteiger partial charge in [0, 0.05) is 15.8 Å². The molecule has 0 saturated carbocycles. The van der Waals surface area contributed by atoms with Crippen LogP contribution >= 0.6 is 11.3 Å². The van der Waals surface area contributed by atoms with Crippen LogP contribution < -0.4 is 0 Å². The van der Waals surface area contributed by atoms with Crippen molar-refractivity contribution in [1.29, 1.82) is 0 Å². The van der Waals surface area contributed by atoms with Crippen LogP contribution in [-0.2, 0) is 0 Å². The van der Waals surface area contributed by atoms with Gasteiger partial charge in [0.25, 0.3) is 0 Å². The molecule has 0 saturated heterocycles. The summed E-state index contributed by atoms with van der Waals surface area (Å²) in [6.45, 7) is 1.85. The molecule has 2 aromatic rings. The van der Waals surface area contributed by atoms with Crippen LogP contribution in [0.2, 0.25) is 0 Å². The van der Waals surface area contributed by atoms with Crippen LogP contribution in [0.15, 0.2) is 18.2 Å². The standard InChI is InChI=1S/C10H8O2S/c1-6-8-4-7(5-11)2-3-9(8)13-10(6)12/h2-5,12H,1H3. The van der Waals surface area contributed by atoms with E-state index in [-0.39, 0.29) is 0 Å². The molecule has 3 heteroatoms. The second-order valence-corrected chi connectivity index (χ2v) is 3.94. The van der Waals surface area contributed by atoms with Gasteiger partial charge >= 0.3 is 0 Å². The highest BCUT2D eigenvalue weighted by Gasteiger charge is 2.06. The van der Waals surface area contributed by atoms with E-state index >= 15 is 0 Å². The van der Waals surface area contributed by atoms with Crippen molar-refractivity contribution in [1.82, 2.24) is 0 Å². The maximum atomic E-state index is 10.5. The van der Waals surface area contributed by atoms with Gasteiger partial charge in [0.1, 0.15) is 6.29 Å². The molecule has 0 atom stereocenters. The van der Waals surface area contributed by atoms with E-state index in [4.69, 9.17) is 0 Å². The van der Waals surface area contributed by atoms with E-state index in [1.165, 1.54) is 11.3 Å². The number of aldehydes is 1. The lowest BCUT2D eigenvalue weighted by Crippen LogP contribution is -1.77. The second kappa shape index (κ2) is 2.85. The number of hydrogen-bond acceptors (Lipinski definition) is 3. The van der Waals surface area contributed by atoms with Gasteiger partial charge in [-0.1, -0.05) is 17.4 Å². The fraction of sp³-hybridized carbons (Fsp3) is 0.100. The number of carbonyl (C=O) groups is 1. The number of thiophene rings is 1. The first-order valence-electron chi connectivity index (χ1n) is 3.89. The molecule has 1 N–H and O–H groups in total. The summed E-state index contributed by atoms with van der Waals surface area (Å²) in [5.74, 6) is 0. The van der Waals surface area contributed by atoms with Gasteiger partial charge in [-0.2, -0.15) is 0 Å². The Bertz CT molecular complexity index is 471. The van der Waals surface area contributed by atoms with Crippen molar-refractivity contribution in [3.05, 3.63) is 29.3 Å². The maximum Gasteiger partial charge on any atom is 0.175 e. The zero-order chi connectivity index (χ0) is 9.42. The molecule has 0 unspecified atom stereocenters. The predicted octanol–water partition coefficient (Wildman–Crippen LogP) is 2.73. The van der Waals surface area contributed by atoms with Crippen LogP contribution in [0.25, 0.3) is 10.1 Å². The third-order valence-electron chi connectivity index (χ3n) is 2.07. The quantitative estimate of drug-likeness (QED) is 0.705. The monoisotopic (exact) mass is 192 g/mol.